The second-order valence-corrected chi connectivity index (χ2v) is 6.09. The van der Waals surface area contributed by atoms with Crippen molar-refractivity contribution < 1.29 is 4.42 Å². The molecule has 1 N–H and O–H groups in total. The predicted molar refractivity (Wildman–Crippen MR) is 81.2 cm³/mol. The van der Waals surface area contributed by atoms with Gasteiger partial charge in [0.2, 0.25) is 5.95 Å². The first-order valence-electron chi connectivity index (χ1n) is 6.43. The molecule has 2 heterocycles. The molecule has 0 aliphatic rings. The quantitative estimate of drug-likeness (QED) is 0.781. The average Bonchev–Trinajstić information content (AvgIpc) is 3.03. The van der Waals surface area contributed by atoms with Crippen molar-refractivity contribution in [2.24, 2.45) is 7.05 Å². The van der Waals surface area contributed by atoms with Crippen LogP contribution in [0.15, 0.2) is 16.5 Å². The van der Waals surface area contributed by atoms with Crippen molar-refractivity contribution in [2.75, 3.05) is 36.6 Å². The van der Waals surface area contributed by atoms with Crippen molar-refractivity contribution >= 4 is 23.6 Å². The molecule has 1 unspecified atom stereocenters. The largest absolute Gasteiger partial charge is 0.444 e. The minimum Gasteiger partial charge on any atom is -0.444 e. The van der Waals surface area contributed by atoms with Crippen molar-refractivity contribution in [3.05, 3.63) is 17.9 Å². The van der Waals surface area contributed by atoms with Gasteiger partial charge < -0.3 is 14.6 Å². The summed E-state index contributed by atoms with van der Waals surface area (Å²) >= 11 is 1.83. The Balaban J connectivity index is 1.74. The first-order valence-corrected chi connectivity index (χ1v) is 7.47. The maximum Gasteiger partial charge on any atom is 0.242 e. The molecule has 2 aromatic heterocycles. The SMILES string of the molecule is CC(SCCNc1nnnn1C)c1ccc(N(C)C)o1. The van der Waals surface area contributed by atoms with Crippen molar-refractivity contribution in [2.45, 2.75) is 12.2 Å². The van der Waals surface area contributed by atoms with E-state index < -0.39 is 0 Å². The number of nitrogens with one attached hydrogen (secondary N) is 1. The summed E-state index contributed by atoms with van der Waals surface area (Å²) < 4.78 is 7.39. The topological polar surface area (TPSA) is 72.0 Å². The molecule has 110 valence electrons. The van der Waals surface area contributed by atoms with Crippen LogP contribution in [-0.4, -0.2) is 46.6 Å². The first-order chi connectivity index (χ1) is 9.58. The summed E-state index contributed by atoms with van der Waals surface area (Å²) in [5.74, 6) is 3.52. The van der Waals surface area contributed by atoms with Crippen LogP contribution in [0.1, 0.15) is 17.9 Å². The van der Waals surface area contributed by atoms with Gasteiger partial charge in [-0.15, -0.1) is 11.8 Å². The van der Waals surface area contributed by atoms with Crippen LogP contribution < -0.4 is 10.2 Å². The number of aryl methyl sites for hydroxylation is 1. The Morgan fingerprint density at radius 2 is 2.25 bits per heavy atom. The van der Waals surface area contributed by atoms with Crippen LogP contribution in [0.4, 0.5) is 11.8 Å². The fourth-order valence-electron chi connectivity index (χ4n) is 1.66. The summed E-state index contributed by atoms with van der Waals surface area (Å²) in [5, 5.41) is 14.7. The molecule has 0 aliphatic carbocycles. The van der Waals surface area contributed by atoms with E-state index in [2.05, 4.69) is 27.8 Å². The second kappa shape index (κ2) is 6.65. The number of nitrogens with zero attached hydrogens (tertiary/aromatic N) is 5. The van der Waals surface area contributed by atoms with Crippen LogP contribution in [0, 0.1) is 0 Å². The number of furan rings is 1. The van der Waals surface area contributed by atoms with E-state index >= 15 is 0 Å². The van der Waals surface area contributed by atoms with Gasteiger partial charge in [-0.05, 0) is 23.4 Å². The number of thioether (sulfide) groups is 1. The molecule has 2 rings (SSSR count). The van der Waals surface area contributed by atoms with E-state index in [1.54, 1.807) is 4.68 Å². The maximum absolute atomic E-state index is 5.78. The molecule has 0 saturated heterocycles. The summed E-state index contributed by atoms with van der Waals surface area (Å²) in [4.78, 5) is 1.96. The van der Waals surface area contributed by atoms with Gasteiger partial charge in [-0.25, -0.2) is 4.68 Å². The molecule has 7 nitrogen and oxygen atoms in total. The number of hydrogen-bond donors (Lipinski definition) is 1. The summed E-state index contributed by atoms with van der Waals surface area (Å²) in [5.41, 5.74) is 0. The minimum atomic E-state index is 0.322. The Labute approximate surface area is 122 Å². The normalized spacial score (nSPS) is 12.4. The van der Waals surface area contributed by atoms with E-state index in [9.17, 15) is 0 Å². The van der Waals surface area contributed by atoms with Crippen molar-refractivity contribution in [3.63, 3.8) is 0 Å². The van der Waals surface area contributed by atoms with Crippen LogP contribution in [0.3, 0.4) is 0 Å². The van der Waals surface area contributed by atoms with Crippen molar-refractivity contribution in [1.29, 1.82) is 0 Å². The maximum atomic E-state index is 5.78. The molecule has 0 bridgehead atoms. The zero-order valence-corrected chi connectivity index (χ0v) is 13.0. The summed E-state index contributed by atoms with van der Waals surface area (Å²) in [6.07, 6.45) is 0. The highest BCUT2D eigenvalue weighted by atomic mass is 32.2. The lowest BCUT2D eigenvalue weighted by Crippen LogP contribution is -2.09. The Hall–Kier alpha value is -1.70. The van der Waals surface area contributed by atoms with Gasteiger partial charge in [0.25, 0.3) is 0 Å². The average molecular weight is 296 g/mol. The lowest BCUT2D eigenvalue weighted by Gasteiger charge is -2.10. The standard InChI is InChI=1S/C12H20N6OS/c1-9(10-5-6-11(19-10)17(2)3)20-8-7-13-12-14-15-16-18(12)4/h5-6,9H,7-8H2,1-4H3,(H,13,14,16). The third-order valence-electron chi connectivity index (χ3n) is 2.83. The molecule has 20 heavy (non-hydrogen) atoms. The Bertz CT molecular complexity index is 538. The predicted octanol–water partition coefficient (Wildman–Crippen LogP) is 1.78. The number of aromatic nitrogens is 4. The zero-order chi connectivity index (χ0) is 14.5. The molecule has 2 aromatic rings. The molecule has 0 aromatic carbocycles. The zero-order valence-electron chi connectivity index (χ0n) is 12.2. The number of tetrazole rings is 1. The third-order valence-corrected chi connectivity index (χ3v) is 4.00. The Morgan fingerprint density at radius 1 is 1.45 bits per heavy atom. The van der Waals surface area contributed by atoms with Gasteiger partial charge >= 0.3 is 0 Å². The van der Waals surface area contributed by atoms with E-state index in [1.165, 1.54) is 0 Å². The van der Waals surface area contributed by atoms with Crippen LogP contribution in [0.5, 0.6) is 0 Å². The van der Waals surface area contributed by atoms with E-state index in [1.807, 2.05) is 49.9 Å². The molecule has 0 aliphatic heterocycles. The van der Waals surface area contributed by atoms with E-state index in [0.717, 1.165) is 23.9 Å². The summed E-state index contributed by atoms with van der Waals surface area (Å²) in [6, 6.07) is 4.03. The highest BCUT2D eigenvalue weighted by molar-refractivity contribution is 7.99. The van der Waals surface area contributed by atoms with Gasteiger partial charge in [-0.3, -0.25) is 0 Å². The van der Waals surface area contributed by atoms with Gasteiger partial charge in [-0.1, -0.05) is 5.10 Å². The van der Waals surface area contributed by atoms with Gasteiger partial charge in [0.15, 0.2) is 5.88 Å². The van der Waals surface area contributed by atoms with Crippen molar-refractivity contribution in [1.82, 2.24) is 20.2 Å². The lowest BCUT2D eigenvalue weighted by molar-refractivity contribution is 0.513. The van der Waals surface area contributed by atoms with Crippen LogP contribution in [0.2, 0.25) is 0 Å². The summed E-state index contributed by atoms with van der Waals surface area (Å²) in [7, 11) is 5.75. The molecule has 0 spiro atoms. The van der Waals surface area contributed by atoms with Gasteiger partial charge in [0.1, 0.15) is 5.76 Å². The van der Waals surface area contributed by atoms with Crippen molar-refractivity contribution in [3.8, 4) is 0 Å². The highest BCUT2D eigenvalue weighted by Crippen LogP contribution is 2.31. The molecular formula is C12H20N6OS. The molecule has 0 saturated carbocycles. The van der Waals surface area contributed by atoms with E-state index in [0.29, 0.717) is 11.2 Å². The first kappa shape index (κ1) is 14.7. The fourth-order valence-corrected chi connectivity index (χ4v) is 2.53. The monoisotopic (exact) mass is 296 g/mol. The molecule has 1 atom stereocenters. The van der Waals surface area contributed by atoms with Crippen LogP contribution in [-0.2, 0) is 7.05 Å². The van der Waals surface area contributed by atoms with Crippen LogP contribution >= 0.6 is 11.8 Å². The summed E-state index contributed by atoms with van der Waals surface area (Å²) in [6.45, 7) is 2.96. The van der Waals surface area contributed by atoms with Gasteiger partial charge in [0, 0.05) is 39.5 Å². The van der Waals surface area contributed by atoms with Gasteiger partial charge in [-0.2, -0.15) is 0 Å². The van der Waals surface area contributed by atoms with Crippen LogP contribution in [0.25, 0.3) is 0 Å². The van der Waals surface area contributed by atoms with E-state index in [4.69, 9.17) is 4.42 Å². The van der Waals surface area contributed by atoms with E-state index in [-0.39, 0.29) is 0 Å². The molecule has 8 heteroatoms. The lowest BCUT2D eigenvalue weighted by atomic mass is 10.3. The smallest absolute Gasteiger partial charge is 0.242 e. The third kappa shape index (κ3) is 3.66. The van der Waals surface area contributed by atoms with Gasteiger partial charge in [0.05, 0.1) is 5.25 Å². The fraction of sp³-hybridized carbons (Fsp3) is 0.583. The second-order valence-electron chi connectivity index (χ2n) is 4.64. The highest BCUT2D eigenvalue weighted by Gasteiger charge is 2.12. The molecule has 0 radical (unpaired) electrons. The minimum absolute atomic E-state index is 0.322. The molecule has 0 amide bonds. The number of hydrogen-bond acceptors (Lipinski definition) is 7. The number of anilines is 2. The Morgan fingerprint density at radius 3 is 2.85 bits per heavy atom. The molecule has 0 fully saturated rings. The number of rotatable bonds is 7. The molecular weight excluding hydrogens is 276 g/mol. The Kier molecular flexibility index (Phi) is 4.89.